The van der Waals surface area contributed by atoms with Crippen molar-refractivity contribution in [3.8, 4) is 11.8 Å². The summed E-state index contributed by atoms with van der Waals surface area (Å²) in [5, 5.41) is 13.2. The Labute approximate surface area is 140 Å². The van der Waals surface area contributed by atoms with Crippen molar-refractivity contribution < 1.29 is 13.2 Å². The van der Waals surface area contributed by atoms with E-state index in [1.165, 1.54) is 16.9 Å². The van der Waals surface area contributed by atoms with Crippen molar-refractivity contribution in [2.24, 2.45) is 0 Å². The molecule has 1 aromatic heterocycles. The molecule has 0 aliphatic carbocycles. The van der Waals surface area contributed by atoms with E-state index in [4.69, 9.17) is 10.00 Å². The van der Waals surface area contributed by atoms with Gasteiger partial charge in [0.25, 0.3) is 10.0 Å². The average molecular weight is 346 g/mol. The summed E-state index contributed by atoms with van der Waals surface area (Å²) in [6.45, 7) is 6.08. The van der Waals surface area contributed by atoms with Crippen molar-refractivity contribution in [3.05, 3.63) is 35.5 Å². The lowest BCUT2D eigenvalue weighted by Gasteiger charge is -2.18. The van der Waals surface area contributed by atoms with Gasteiger partial charge in [0.05, 0.1) is 6.20 Å². The topological polar surface area (TPSA) is 97.0 Å². The van der Waals surface area contributed by atoms with Crippen LogP contribution in [0, 0.1) is 11.3 Å². The molecule has 1 aliphatic heterocycles. The highest BCUT2D eigenvalue weighted by Crippen LogP contribution is 2.40. The molecule has 0 radical (unpaired) electrons. The maximum absolute atomic E-state index is 12.9. The maximum atomic E-state index is 12.9. The molecule has 2 aromatic rings. The summed E-state index contributed by atoms with van der Waals surface area (Å²) < 4.78 is 35.5. The zero-order valence-electron chi connectivity index (χ0n) is 13.7. The van der Waals surface area contributed by atoms with E-state index < -0.39 is 15.6 Å². The molecule has 0 unspecified atom stereocenters. The summed E-state index contributed by atoms with van der Waals surface area (Å²) >= 11 is 0. The normalized spacial score (nSPS) is 15.4. The zero-order valence-corrected chi connectivity index (χ0v) is 14.5. The number of anilines is 1. The van der Waals surface area contributed by atoms with E-state index in [0.717, 1.165) is 5.56 Å². The number of aryl methyl sites for hydroxylation is 1. The van der Waals surface area contributed by atoms with E-state index in [1.54, 1.807) is 6.07 Å². The first kappa shape index (κ1) is 16.3. The molecule has 0 spiro atoms. The van der Waals surface area contributed by atoms with Crippen molar-refractivity contribution in [1.82, 2.24) is 9.78 Å². The van der Waals surface area contributed by atoms with Crippen LogP contribution in [0.15, 0.2) is 29.3 Å². The third kappa shape index (κ3) is 2.71. The standard InChI is InChI=1S/C16H18N4O3S/c1-4-20-15(12(9-17)10-18-20)19-24(21,22)13-7-5-6-11-8-16(2,3)23-14(11)13/h5-7,10,19H,4,8H2,1-3H3. The van der Waals surface area contributed by atoms with Gasteiger partial charge in [0, 0.05) is 13.0 Å². The molecule has 0 bridgehead atoms. The molecule has 0 fully saturated rings. The summed E-state index contributed by atoms with van der Waals surface area (Å²) in [4.78, 5) is 0.0679. The van der Waals surface area contributed by atoms with Crippen LogP contribution in [0.1, 0.15) is 31.9 Å². The number of aromatic nitrogens is 2. The highest BCUT2D eigenvalue weighted by Gasteiger charge is 2.35. The minimum atomic E-state index is -3.91. The predicted octanol–water partition coefficient (Wildman–Crippen LogP) is 2.29. The van der Waals surface area contributed by atoms with E-state index >= 15 is 0 Å². The summed E-state index contributed by atoms with van der Waals surface area (Å²) in [6.07, 6.45) is 1.98. The smallest absolute Gasteiger partial charge is 0.266 e. The summed E-state index contributed by atoms with van der Waals surface area (Å²) in [5.41, 5.74) is 0.582. The molecule has 0 amide bonds. The highest BCUT2D eigenvalue weighted by atomic mass is 32.2. The molecule has 2 heterocycles. The Bertz CT molecular complexity index is 939. The molecule has 126 valence electrons. The SMILES string of the molecule is CCn1ncc(C#N)c1NS(=O)(=O)c1cccc2c1OC(C)(C)C2. The van der Waals surface area contributed by atoms with Gasteiger partial charge in [-0.3, -0.25) is 4.72 Å². The molecule has 0 saturated carbocycles. The fourth-order valence-electron chi connectivity index (χ4n) is 2.80. The number of sulfonamides is 1. The van der Waals surface area contributed by atoms with E-state index in [0.29, 0.717) is 18.7 Å². The van der Waals surface area contributed by atoms with Crippen molar-refractivity contribution in [2.75, 3.05) is 4.72 Å². The molecule has 0 atom stereocenters. The number of para-hydroxylation sites is 1. The Morgan fingerprint density at radius 1 is 1.46 bits per heavy atom. The van der Waals surface area contributed by atoms with Crippen molar-refractivity contribution in [1.29, 1.82) is 5.26 Å². The Morgan fingerprint density at radius 3 is 2.88 bits per heavy atom. The number of hydrogen-bond acceptors (Lipinski definition) is 5. The Kier molecular flexibility index (Phi) is 3.76. The molecule has 8 heteroatoms. The van der Waals surface area contributed by atoms with E-state index in [2.05, 4.69) is 9.82 Å². The van der Waals surface area contributed by atoms with Gasteiger partial charge in [0.2, 0.25) is 0 Å². The number of benzene rings is 1. The van der Waals surface area contributed by atoms with Crippen LogP contribution < -0.4 is 9.46 Å². The minimum Gasteiger partial charge on any atom is -0.486 e. The third-order valence-corrected chi connectivity index (χ3v) is 5.20. The fourth-order valence-corrected chi connectivity index (χ4v) is 4.05. The van der Waals surface area contributed by atoms with Gasteiger partial charge in [-0.05, 0) is 32.4 Å². The minimum absolute atomic E-state index is 0.0679. The first-order chi connectivity index (χ1) is 11.3. The predicted molar refractivity (Wildman–Crippen MR) is 88.3 cm³/mol. The molecular formula is C16H18N4O3S. The second-order valence-corrected chi connectivity index (χ2v) is 7.87. The molecule has 1 N–H and O–H groups in total. The molecule has 7 nitrogen and oxygen atoms in total. The van der Waals surface area contributed by atoms with E-state index in [-0.39, 0.29) is 16.3 Å². The molecule has 1 aliphatic rings. The van der Waals surface area contributed by atoms with Gasteiger partial charge in [0.15, 0.2) is 5.82 Å². The quantitative estimate of drug-likeness (QED) is 0.916. The third-order valence-electron chi connectivity index (χ3n) is 3.83. The first-order valence-corrected chi connectivity index (χ1v) is 9.05. The second kappa shape index (κ2) is 5.53. The van der Waals surface area contributed by atoms with E-state index in [9.17, 15) is 8.42 Å². The van der Waals surface area contributed by atoms with Crippen LogP contribution in [0.5, 0.6) is 5.75 Å². The monoisotopic (exact) mass is 346 g/mol. The van der Waals surface area contributed by atoms with Gasteiger partial charge in [0.1, 0.15) is 27.9 Å². The highest BCUT2D eigenvalue weighted by molar-refractivity contribution is 7.92. The summed E-state index contributed by atoms with van der Waals surface area (Å²) in [6, 6.07) is 7.01. The number of ether oxygens (including phenoxy) is 1. The van der Waals surface area contributed by atoms with Crippen LogP contribution in [0.2, 0.25) is 0 Å². The van der Waals surface area contributed by atoms with Crippen LogP contribution in [-0.2, 0) is 23.0 Å². The second-order valence-electron chi connectivity index (χ2n) is 6.22. The van der Waals surface area contributed by atoms with Gasteiger partial charge in [-0.15, -0.1) is 0 Å². The van der Waals surface area contributed by atoms with Crippen LogP contribution in [0.3, 0.4) is 0 Å². The van der Waals surface area contributed by atoms with Gasteiger partial charge in [-0.1, -0.05) is 12.1 Å². The number of fused-ring (bicyclic) bond motifs is 1. The Balaban J connectivity index is 2.05. The molecule has 1 aromatic carbocycles. The Hall–Kier alpha value is -2.53. The van der Waals surface area contributed by atoms with Crippen molar-refractivity contribution in [2.45, 2.75) is 44.2 Å². The van der Waals surface area contributed by atoms with Gasteiger partial charge in [-0.2, -0.15) is 10.4 Å². The van der Waals surface area contributed by atoms with Crippen LogP contribution in [0.4, 0.5) is 5.82 Å². The number of rotatable bonds is 4. The molecule has 0 saturated heterocycles. The number of hydrogen-bond donors (Lipinski definition) is 1. The summed E-state index contributed by atoms with van der Waals surface area (Å²) in [5.74, 6) is 0.533. The van der Waals surface area contributed by atoms with Crippen LogP contribution in [0.25, 0.3) is 0 Å². The Morgan fingerprint density at radius 2 is 2.21 bits per heavy atom. The average Bonchev–Trinajstić information content (AvgIpc) is 3.04. The van der Waals surface area contributed by atoms with Crippen molar-refractivity contribution >= 4 is 15.8 Å². The number of nitrogens with one attached hydrogen (secondary N) is 1. The van der Waals surface area contributed by atoms with Gasteiger partial charge in [-0.25, -0.2) is 13.1 Å². The van der Waals surface area contributed by atoms with Crippen LogP contribution in [-0.4, -0.2) is 23.8 Å². The lowest BCUT2D eigenvalue weighted by molar-refractivity contribution is 0.135. The largest absolute Gasteiger partial charge is 0.486 e. The lowest BCUT2D eigenvalue weighted by atomic mass is 10.0. The summed E-state index contributed by atoms with van der Waals surface area (Å²) in [7, 11) is -3.91. The first-order valence-electron chi connectivity index (χ1n) is 7.57. The van der Waals surface area contributed by atoms with Gasteiger partial charge < -0.3 is 4.74 Å². The molecular weight excluding hydrogens is 328 g/mol. The zero-order chi connectivity index (χ0) is 17.5. The van der Waals surface area contributed by atoms with Gasteiger partial charge >= 0.3 is 0 Å². The lowest BCUT2D eigenvalue weighted by Crippen LogP contribution is -2.25. The van der Waals surface area contributed by atoms with Crippen LogP contribution >= 0.6 is 0 Å². The fraction of sp³-hybridized carbons (Fsp3) is 0.375. The maximum Gasteiger partial charge on any atom is 0.266 e. The number of nitrogens with zero attached hydrogens (tertiary/aromatic N) is 3. The molecule has 24 heavy (non-hydrogen) atoms. The van der Waals surface area contributed by atoms with E-state index in [1.807, 2.05) is 32.9 Å². The number of nitriles is 1. The molecule has 3 rings (SSSR count). The van der Waals surface area contributed by atoms with Crippen molar-refractivity contribution in [3.63, 3.8) is 0 Å².